The van der Waals surface area contributed by atoms with E-state index >= 15 is 0 Å². The van der Waals surface area contributed by atoms with Gasteiger partial charge in [0, 0.05) is 52.1 Å². The van der Waals surface area contributed by atoms with Crippen molar-refractivity contribution in [3.63, 3.8) is 0 Å². The average molecular weight is 399 g/mol. The van der Waals surface area contributed by atoms with Crippen molar-refractivity contribution in [3.8, 4) is 0 Å². The number of likely N-dealkylation sites (tertiary alicyclic amines) is 1. The van der Waals surface area contributed by atoms with Gasteiger partial charge in [-0.05, 0) is 44.4 Å². The Kier molecular flexibility index (Phi) is 4.66. The Balaban J connectivity index is 1.52. The number of para-hydroxylation sites is 2. The Morgan fingerprint density at radius 2 is 1.93 bits per heavy atom. The molecule has 2 aliphatic rings. The van der Waals surface area contributed by atoms with Crippen LogP contribution in [-0.2, 0) is 16.1 Å². The lowest BCUT2D eigenvalue weighted by Crippen LogP contribution is -2.43. The third kappa shape index (κ3) is 3.20. The number of benzene rings is 2. The zero-order chi connectivity index (χ0) is 20.7. The SMILES string of the molecule is CC1CCCCN1C(=O)Cn1cc(/C=C2/C(=O)Nc3ccccc32)c2ccccc21. The first-order valence-electron chi connectivity index (χ1n) is 10.6. The fourth-order valence-electron chi connectivity index (χ4n) is 4.66. The molecule has 1 saturated heterocycles. The van der Waals surface area contributed by atoms with Gasteiger partial charge in [0.25, 0.3) is 5.91 Å². The number of fused-ring (bicyclic) bond motifs is 2. The van der Waals surface area contributed by atoms with Gasteiger partial charge in [0.1, 0.15) is 6.54 Å². The second-order valence-electron chi connectivity index (χ2n) is 8.22. The maximum atomic E-state index is 13.0. The number of hydrogen-bond acceptors (Lipinski definition) is 2. The van der Waals surface area contributed by atoms with Crippen LogP contribution in [-0.4, -0.2) is 33.9 Å². The van der Waals surface area contributed by atoms with E-state index in [0.717, 1.165) is 47.1 Å². The van der Waals surface area contributed by atoms with Crippen LogP contribution in [0.3, 0.4) is 0 Å². The van der Waals surface area contributed by atoms with E-state index in [1.165, 1.54) is 6.42 Å². The van der Waals surface area contributed by atoms with Crippen LogP contribution in [0.4, 0.5) is 5.69 Å². The van der Waals surface area contributed by atoms with E-state index in [1.807, 2.05) is 70.3 Å². The molecule has 1 aromatic heterocycles. The van der Waals surface area contributed by atoms with Crippen molar-refractivity contribution >= 4 is 40.1 Å². The van der Waals surface area contributed by atoms with Gasteiger partial charge in [-0.1, -0.05) is 36.4 Å². The second kappa shape index (κ2) is 7.48. The van der Waals surface area contributed by atoms with E-state index in [-0.39, 0.29) is 11.8 Å². The Morgan fingerprint density at radius 3 is 2.80 bits per heavy atom. The summed E-state index contributed by atoms with van der Waals surface area (Å²) in [5.74, 6) is 0.0670. The van der Waals surface area contributed by atoms with Gasteiger partial charge < -0.3 is 14.8 Å². The molecular formula is C25H25N3O2. The first kappa shape index (κ1) is 18.7. The number of aromatic nitrogens is 1. The van der Waals surface area contributed by atoms with Crippen molar-refractivity contribution < 1.29 is 9.59 Å². The summed E-state index contributed by atoms with van der Waals surface area (Å²) in [7, 11) is 0. The third-order valence-electron chi connectivity index (χ3n) is 6.26. The van der Waals surface area contributed by atoms with Crippen LogP contribution in [0, 0.1) is 0 Å². The van der Waals surface area contributed by atoms with Gasteiger partial charge in [0.05, 0.1) is 0 Å². The van der Waals surface area contributed by atoms with E-state index in [0.29, 0.717) is 18.2 Å². The molecule has 0 bridgehead atoms. The highest BCUT2D eigenvalue weighted by Crippen LogP contribution is 2.34. The monoisotopic (exact) mass is 399 g/mol. The van der Waals surface area contributed by atoms with Gasteiger partial charge >= 0.3 is 0 Å². The number of nitrogens with one attached hydrogen (secondary N) is 1. The Hall–Kier alpha value is -3.34. The highest BCUT2D eigenvalue weighted by molar-refractivity contribution is 6.35. The summed E-state index contributed by atoms with van der Waals surface area (Å²) in [6.45, 7) is 3.29. The molecule has 5 nitrogen and oxygen atoms in total. The van der Waals surface area contributed by atoms with Crippen LogP contribution in [0.1, 0.15) is 37.3 Å². The average Bonchev–Trinajstić information content (AvgIpc) is 3.26. The normalized spacial score (nSPS) is 19.9. The number of piperidine rings is 1. The lowest BCUT2D eigenvalue weighted by atomic mass is 10.0. The van der Waals surface area contributed by atoms with Crippen molar-refractivity contribution in [3.05, 3.63) is 65.9 Å². The number of carbonyl (C=O) groups excluding carboxylic acids is 2. The van der Waals surface area contributed by atoms with Crippen molar-refractivity contribution in [2.75, 3.05) is 11.9 Å². The summed E-state index contributed by atoms with van der Waals surface area (Å²) >= 11 is 0. The molecule has 0 saturated carbocycles. The molecule has 0 radical (unpaired) electrons. The van der Waals surface area contributed by atoms with E-state index in [2.05, 4.69) is 12.2 Å². The molecule has 5 rings (SSSR count). The van der Waals surface area contributed by atoms with Crippen LogP contribution in [0.15, 0.2) is 54.7 Å². The number of carbonyl (C=O) groups is 2. The van der Waals surface area contributed by atoms with E-state index < -0.39 is 0 Å². The summed E-state index contributed by atoms with van der Waals surface area (Å²) in [6.07, 6.45) is 7.28. The Morgan fingerprint density at radius 1 is 1.13 bits per heavy atom. The minimum atomic E-state index is -0.0914. The zero-order valence-corrected chi connectivity index (χ0v) is 17.1. The Bertz CT molecular complexity index is 1170. The van der Waals surface area contributed by atoms with Crippen LogP contribution in [0.25, 0.3) is 22.6 Å². The van der Waals surface area contributed by atoms with Crippen molar-refractivity contribution in [1.29, 1.82) is 0 Å². The molecule has 3 aromatic rings. The smallest absolute Gasteiger partial charge is 0.256 e. The molecule has 0 spiro atoms. The number of hydrogen-bond donors (Lipinski definition) is 1. The molecule has 1 N–H and O–H groups in total. The molecule has 152 valence electrons. The molecule has 1 atom stereocenters. The summed E-state index contributed by atoms with van der Waals surface area (Å²) in [5, 5.41) is 3.97. The molecule has 2 aromatic carbocycles. The van der Waals surface area contributed by atoms with Gasteiger partial charge in [0.2, 0.25) is 5.91 Å². The summed E-state index contributed by atoms with van der Waals surface area (Å²) in [4.78, 5) is 27.6. The molecule has 2 amide bonds. The summed E-state index contributed by atoms with van der Waals surface area (Å²) < 4.78 is 2.02. The molecule has 0 aliphatic carbocycles. The molecule has 5 heteroatoms. The van der Waals surface area contributed by atoms with E-state index in [1.54, 1.807) is 0 Å². The van der Waals surface area contributed by atoms with Crippen molar-refractivity contribution in [1.82, 2.24) is 9.47 Å². The highest BCUT2D eigenvalue weighted by Gasteiger charge is 2.25. The van der Waals surface area contributed by atoms with Crippen LogP contribution in [0.2, 0.25) is 0 Å². The number of nitrogens with zero attached hydrogens (tertiary/aromatic N) is 2. The first-order valence-corrected chi connectivity index (χ1v) is 10.6. The molecule has 1 unspecified atom stereocenters. The lowest BCUT2D eigenvalue weighted by molar-refractivity contribution is -0.135. The minimum absolute atomic E-state index is 0.0914. The predicted molar refractivity (Wildman–Crippen MR) is 120 cm³/mol. The maximum absolute atomic E-state index is 13.0. The summed E-state index contributed by atoms with van der Waals surface area (Å²) in [5.41, 5.74) is 4.37. The van der Waals surface area contributed by atoms with Crippen LogP contribution >= 0.6 is 0 Å². The molecule has 1 fully saturated rings. The predicted octanol–water partition coefficient (Wildman–Crippen LogP) is 4.54. The van der Waals surface area contributed by atoms with Crippen LogP contribution < -0.4 is 5.32 Å². The largest absolute Gasteiger partial charge is 0.338 e. The summed E-state index contributed by atoms with van der Waals surface area (Å²) in [6, 6.07) is 16.1. The molecular weight excluding hydrogens is 374 g/mol. The maximum Gasteiger partial charge on any atom is 0.256 e. The third-order valence-corrected chi connectivity index (χ3v) is 6.26. The van der Waals surface area contributed by atoms with Gasteiger partial charge in [-0.3, -0.25) is 9.59 Å². The van der Waals surface area contributed by atoms with Gasteiger partial charge in [-0.2, -0.15) is 0 Å². The van der Waals surface area contributed by atoms with E-state index in [9.17, 15) is 9.59 Å². The van der Waals surface area contributed by atoms with Crippen molar-refractivity contribution in [2.24, 2.45) is 0 Å². The number of amides is 2. The van der Waals surface area contributed by atoms with Gasteiger partial charge in [-0.25, -0.2) is 0 Å². The first-order chi connectivity index (χ1) is 14.6. The quantitative estimate of drug-likeness (QED) is 0.658. The minimum Gasteiger partial charge on any atom is -0.338 e. The van der Waals surface area contributed by atoms with Crippen molar-refractivity contribution in [2.45, 2.75) is 38.8 Å². The number of rotatable bonds is 3. The zero-order valence-electron chi connectivity index (χ0n) is 17.1. The number of anilines is 1. The standard InChI is InChI=1S/C25H25N3O2/c1-17-8-6-7-13-28(17)24(29)16-27-15-18(19-9-3-5-12-23(19)27)14-21-20-10-2-4-11-22(20)26-25(21)30/h2-5,9-12,14-15,17H,6-8,13,16H2,1H3,(H,26,30)/b21-14+. The topological polar surface area (TPSA) is 54.3 Å². The second-order valence-corrected chi connectivity index (χ2v) is 8.22. The fraction of sp³-hybridized carbons (Fsp3) is 0.280. The highest BCUT2D eigenvalue weighted by atomic mass is 16.2. The Labute approximate surface area is 176 Å². The fourth-order valence-corrected chi connectivity index (χ4v) is 4.66. The van der Waals surface area contributed by atoms with Gasteiger partial charge in [-0.15, -0.1) is 0 Å². The van der Waals surface area contributed by atoms with Gasteiger partial charge in [0.15, 0.2) is 0 Å². The van der Waals surface area contributed by atoms with E-state index in [4.69, 9.17) is 0 Å². The van der Waals surface area contributed by atoms with Crippen LogP contribution in [0.5, 0.6) is 0 Å². The molecule has 2 aliphatic heterocycles. The molecule has 30 heavy (non-hydrogen) atoms. The molecule has 3 heterocycles. The lowest BCUT2D eigenvalue weighted by Gasteiger charge is -2.33.